The lowest BCUT2D eigenvalue weighted by molar-refractivity contribution is -0.139. The molecule has 0 atom stereocenters. The average Bonchev–Trinajstić information content (AvgIpc) is 2.73. The second kappa shape index (κ2) is 5.99. The van der Waals surface area contributed by atoms with Gasteiger partial charge < -0.3 is 4.74 Å². The molecule has 1 aromatic rings. The molecule has 1 aromatic heterocycles. The molecule has 0 radical (unpaired) electrons. The molecule has 0 aliphatic carbocycles. The molecule has 0 aromatic carbocycles. The topological polar surface area (TPSA) is 43.4 Å². The highest BCUT2D eigenvalue weighted by atomic mass is 32.1. The fourth-order valence-corrected chi connectivity index (χ4v) is 2.18. The van der Waals surface area contributed by atoms with Crippen molar-refractivity contribution in [3.05, 3.63) is 21.9 Å². The molecule has 0 saturated heterocycles. The number of ether oxygens (including phenoxy) is 1. The molecule has 1 rings (SSSR count). The van der Waals surface area contributed by atoms with Gasteiger partial charge in [0.05, 0.1) is 24.8 Å². The molecule has 1 heterocycles. The molecular weight excluding hydrogens is 269 g/mol. The first-order chi connectivity index (χ1) is 8.31. The summed E-state index contributed by atoms with van der Waals surface area (Å²) in [6.07, 6.45) is -6.01. The Bertz CT molecular complexity index is 437. The molecular formula is C11H11F3O3S. The molecule has 0 N–H and O–H groups in total. The van der Waals surface area contributed by atoms with Gasteiger partial charge in [-0.2, -0.15) is 13.2 Å². The van der Waals surface area contributed by atoms with Crippen LogP contribution in [0.4, 0.5) is 13.2 Å². The summed E-state index contributed by atoms with van der Waals surface area (Å²) in [7, 11) is 1.24. The number of alkyl halides is 3. The van der Waals surface area contributed by atoms with E-state index in [1.807, 2.05) is 0 Å². The highest BCUT2D eigenvalue weighted by Crippen LogP contribution is 2.25. The molecule has 18 heavy (non-hydrogen) atoms. The van der Waals surface area contributed by atoms with Gasteiger partial charge in [-0.25, -0.2) is 0 Å². The standard InChI is InChI=1S/C11H11F3O3S/c1-17-10(16)6-7-2-3-9(18-7)8(15)4-5-11(12,13)14/h2-3H,4-6H2,1H3. The molecule has 100 valence electrons. The van der Waals surface area contributed by atoms with Crippen molar-refractivity contribution in [1.82, 2.24) is 0 Å². The number of esters is 1. The van der Waals surface area contributed by atoms with Crippen LogP contribution < -0.4 is 0 Å². The first-order valence-electron chi connectivity index (χ1n) is 5.07. The van der Waals surface area contributed by atoms with E-state index in [2.05, 4.69) is 4.74 Å². The Morgan fingerprint density at radius 1 is 1.33 bits per heavy atom. The summed E-state index contributed by atoms with van der Waals surface area (Å²) in [5.74, 6) is -1.01. The van der Waals surface area contributed by atoms with E-state index < -0.39 is 30.8 Å². The number of halogens is 3. The van der Waals surface area contributed by atoms with Crippen LogP contribution in [-0.2, 0) is 16.0 Å². The van der Waals surface area contributed by atoms with Crippen molar-refractivity contribution >= 4 is 23.1 Å². The van der Waals surface area contributed by atoms with Crippen LogP contribution in [0.3, 0.4) is 0 Å². The molecule has 7 heteroatoms. The Kier molecular flexibility index (Phi) is 4.89. The summed E-state index contributed by atoms with van der Waals surface area (Å²) in [5, 5.41) is 0. The third kappa shape index (κ3) is 4.87. The number of rotatable bonds is 5. The molecule has 0 spiro atoms. The third-order valence-corrected chi connectivity index (χ3v) is 3.24. The number of thiophene rings is 1. The highest BCUT2D eigenvalue weighted by Gasteiger charge is 2.28. The average molecular weight is 280 g/mol. The van der Waals surface area contributed by atoms with E-state index >= 15 is 0 Å². The van der Waals surface area contributed by atoms with E-state index in [9.17, 15) is 22.8 Å². The van der Waals surface area contributed by atoms with Gasteiger partial charge in [0.15, 0.2) is 5.78 Å². The maximum Gasteiger partial charge on any atom is 0.389 e. The second-order valence-electron chi connectivity index (χ2n) is 3.56. The van der Waals surface area contributed by atoms with Gasteiger partial charge in [0.25, 0.3) is 0 Å². The lowest BCUT2D eigenvalue weighted by atomic mass is 10.2. The molecule has 0 fully saturated rings. The minimum atomic E-state index is -4.33. The lowest BCUT2D eigenvalue weighted by Crippen LogP contribution is -2.10. The SMILES string of the molecule is COC(=O)Cc1ccc(C(=O)CCC(F)(F)F)s1. The van der Waals surface area contributed by atoms with E-state index in [-0.39, 0.29) is 11.3 Å². The third-order valence-electron chi connectivity index (χ3n) is 2.12. The zero-order valence-electron chi connectivity index (χ0n) is 9.54. The molecule has 3 nitrogen and oxygen atoms in total. The van der Waals surface area contributed by atoms with Gasteiger partial charge in [0, 0.05) is 11.3 Å². The number of hydrogen-bond donors (Lipinski definition) is 0. The number of ketones is 1. The van der Waals surface area contributed by atoms with Crippen LogP contribution in [0.5, 0.6) is 0 Å². The minimum absolute atomic E-state index is 0.0215. The van der Waals surface area contributed by atoms with Gasteiger partial charge in [-0.1, -0.05) is 0 Å². The number of carbonyl (C=O) groups is 2. The van der Waals surface area contributed by atoms with Crippen LogP contribution in [0, 0.1) is 0 Å². The lowest BCUT2D eigenvalue weighted by Gasteiger charge is -2.03. The van der Waals surface area contributed by atoms with Gasteiger partial charge >= 0.3 is 12.1 Å². The largest absolute Gasteiger partial charge is 0.469 e. The minimum Gasteiger partial charge on any atom is -0.469 e. The van der Waals surface area contributed by atoms with Crippen molar-refractivity contribution in [3.63, 3.8) is 0 Å². The maximum absolute atomic E-state index is 11.9. The fourth-order valence-electron chi connectivity index (χ4n) is 1.22. The molecule has 0 aliphatic rings. The van der Waals surface area contributed by atoms with Crippen molar-refractivity contribution in [2.45, 2.75) is 25.4 Å². The Morgan fingerprint density at radius 3 is 2.56 bits per heavy atom. The Labute approximate surface area is 106 Å². The van der Waals surface area contributed by atoms with Crippen LogP contribution in [0.1, 0.15) is 27.4 Å². The predicted octanol–water partition coefficient (Wildman–Crippen LogP) is 2.99. The van der Waals surface area contributed by atoms with E-state index in [1.54, 1.807) is 6.07 Å². The summed E-state index contributed by atoms with van der Waals surface area (Å²) in [6, 6.07) is 2.98. The predicted molar refractivity (Wildman–Crippen MR) is 59.7 cm³/mol. The van der Waals surface area contributed by atoms with Crippen LogP contribution in [0.2, 0.25) is 0 Å². The quantitative estimate of drug-likeness (QED) is 0.615. The number of hydrogen-bond acceptors (Lipinski definition) is 4. The summed E-state index contributed by atoms with van der Waals surface area (Å²) >= 11 is 1.02. The molecule has 0 bridgehead atoms. The van der Waals surface area contributed by atoms with Gasteiger partial charge in [0.2, 0.25) is 0 Å². The van der Waals surface area contributed by atoms with Gasteiger partial charge in [-0.15, -0.1) is 11.3 Å². The van der Waals surface area contributed by atoms with Crippen molar-refractivity contribution in [2.24, 2.45) is 0 Å². The smallest absolute Gasteiger partial charge is 0.389 e. The summed E-state index contributed by atoms with van der Waals surface area (Å²) in [5.41, 5.74) is 0. The molecule has 0 unspecified atom stereocenters. The van der Waals surface area contributed by atoms with Crippen molar-refractivity contribution in [1.29, 1.82) is 0 Å². The summed E-state index contributed by atoms with van der Waals surface area (Å²) in [4.78, 5) is 23.3. The summed E-state index contributed by atoms with van der Waals surface area (Å²) in [6.45, 7) is 0. The van der Waals surface area contributed by atoms with Crippen molar-refractivity contribution < 1.29 is 27.5 Å². The van der Waals surface area contributed by atoms with E-state index in [0.29, 0.717) is 4.88 Å². The number of carbonyl (C=O) groups excluding carboxylic acids is 2. The Morgan fingerprint density at radius 2 is 2.00 bits per heavy atom. The van der Waals surface area contributed by atoms with Crippen LogP contribution in [-0.4, -0.2) is 25.0 Å². The highest BCUT2D eigenvalue weighted by molar-refractivity contribution is 7.14. The second-order valence-corrected chi connectivity index (χ2v) is 4.73. The molecule has 0 saturated carbocycles. The van der Waals surface area contributed by atoms with Gasteiger partial charge in [-0.3, -0.25) is 9.59 Å². The van der Waals surface area contributed by atoms with Crippen LogP contribution in [0.15, 0.2) is 12.1 Å². The molecule has 0 amide bonds. The normalized spacial score (nSPS) is 11.3. The number of methoxy groups -OCH3 is 1. The first kappa shape index (κ1) is 14.7. The number of Topliss-reactive ketones (excluding diaryl/α,β-unsaturated/α-hetero) is 1. The summed E-state index contributed by atoms with van der Waals surface area (Å²) < 4.78 is 40.3. The first-order valence-corrected chi connectivity index (χ1v) is 5.89. The van der Waals surface area contributed by atoms with E-state index in [0.717, 1.165) is 11.3 Å². The zero-order valence-corrected chi connectivity index (χ0v) is 10.4. The van der Waals surface area contributed by atoms with Crippen LogP contribution in [0.25, 0.3) is 0 Å². The van der Waals surface area contributed by atoms with Crippen molar-refractivity contribution in [3.8, 4) is 0 Å². The Hall–Kier alpha value is -1.37. The monoisotopic (exact) mass is 280 g/mol. The Balaban J connectivity index is 2.57. The van der Waals surface area contributed by atoms with Crippen LogP contribution >= 0.6 is 11.3 Å². The van der Waals surface area contributed by atoms with Gasteiger partial charge in [0.1, 0.15) is 0 Å². The van der Waals surface area contributed by atoms with Gasteiger partial charge in [-0.05, 0) is 12.1 Å². The van der Waals surface area contributed by atoms with Crippen molar-refractivity contribution in [2.75, 3.05) is 7.11 Å². The van der Waals surface area contributed by atoms with E-state index in [1.165, 1.54) is 13.2 Å². The maximum atomic E-state index is 11.9. The fraction of sp³-hybridized carbons (Fsp3) is 0.455. The molecule has 0 aliphatic heterocycles. The van der Waals surface area contributed by atoms with E-state index in [4.69, 9.17) is 0 Å². The zero-order chi connectivity index (χ0) is 13.8.